The molecule has 0 aliphatic rings. The first-order chi connectivity index (χ1) is 11.5. The highest BCUT2D eigenvalue weighted by Gasteiger charge is 2.13. The lowest BCUT2D eigenvalue weighted by Crippen LogP contribution is -2.13. The lowest BCUT2D eigenvalue weighted by atomic mass is 10.1. The van der Waals surface area contributed by atoms with Gasteiger partial charge >= 0.3 is 11.9 Å². The Morgan fingerprint density at radius 1 is 1.25 bits per heavy atom. The summed E-state index contributed by atoms with van der Waals surface area (Å²) in [5.41, 5.74) is 0.304. The van der Waals surface area contributed by atoms with Crippen molar-refractivity contribution in [3.8, 4) is 5.75 Å². The van der Waals surface area contributed by atoms with Crippen LogP contribution in [0.2, 0.25) is 0 Å². The zero-order chi connectivity index (χ0) is 17.5. The van der Waals surface area contributed by atoms with Gasteiger partial charge in [-0.05, 0) is 24.3 Å². The van der Waals surface area contributed by atoms with Gasteiger partial charge < -0.3 is 13.9 Å². The zero-order valence-corrected chi connectivity index (χ0v) is 12.6. The lowest BCUT2D eigenvalue weighted by molar-refractivity contribution is -0.402. The topological polar surface area (TPSA) is 109 Å². The van der Waals surface area contributed by atoms with E-state index in [4.69, 9.17) is 13.9 Å². The van der Waals surface area contributed by atoms with E-state index >= 15 is 0 Å². The number of nitro groups is 1. The van der Waals surface area contributed by atoms with Crippen molar-refractivity contribution in [2.24, 2.45) is 0 Å². The number of esters is 1. The van der Waals surface area contributed by atoms with Crippen LogP contribution >= 0.6 is 0 Å². The van der Waals surface area contributed by atoms with Gasteiger partial charge in [-0.3, -0.25) is 14.9 Å². The summed E-state index contributed by atoms with van der Waals surface area (Å²) in [6, 6.07) is 9.07. The molecule has 0 unspecified atom stereocenters. The summed E-state index contributed by atoms with van der Waals surface area (Å²) in [5, 5.41) is 10.5. The Morgan fingerprint density at radius 3 is 2.67 bits per heavy atom. The molecule has 2 aromatic rings. The van der Waals surface area contributed by atoms with Crippen molar-refractivity contribution in [1.82, 2.24) is 0 Å². The molecule has 0 N–H and O–H groups in total. The van der Waals surface area contributed by atoms with Crippen LogP contribution in [0.4, 0.5) is 5.88 Å². The van der Waals surface area contributed by atoms with Crippen LogP contribution in [-0.2, 0) is 9.53 Å². The quantitative estimate of drug-likeness (QED) is 0.252. The summed E-state index contributed by atoms with van der Waals surface area (Å²) in [4.78, 5) is 33.4. The van der Waals surface area contributed by atoms with Gasteiger partial charge in [0, 0.05) is 6.08 Å². The fourth-order valence-corrected chi connectivity index (χ4v) is 1.82. The smallest absolute Gasteiger partial charge is 0.433 e. The van der Waals surface area contributed by atoms with Crippen molar-refractivity contribution in [3.63, 3.8) is 0 Å². The molecule has 0 amide bonds. The van der Waals surface area contributed by atoms with Crippen LogP contribution in [0.15, 0.2) is 46.9 Å². The molecular weight excluding hydrogens is 318 g/mol. The van der Waals surface area contributed by atoms with Crippen LogP contribution in [0.3, 0.4) is 0 Å². The van der Waals surface area contributed by atoms with E-state index in [9.17, 15) is 19.7 Å². The van der Waals surface area contributed by atoms with Crippen molar-refractivity contribution in [2.45, 2.75) is 0 Å². The Labute approximate surface area is 136 Å². The van der Waals surface area contributed by atoms with E-state index in [1.165, 1.54) is 19.3 Å². The number of carbonyl (C=O) groups is 2. The van der Waals surface area contributed by atoms with E-state index in [-0.39, 0.29) is 5.76 Å². The summed E-state index contributed by atoms with van der Waals surface area (Å²) in [6.07, 6.45) is 2.22. The fraction of sp³-hybridized carbons (Fsp3) is 0.125. The monoisotopic (exact) mass is 331 g/mol. The van der Waals surface area contributed by atoms with E-state index in [2.05, 4.69) is 0 Å². The minimum Gasteiger partial charge on any atom is -0.496 e. The Balaban J connectivity index is 1.91. The van der Waals surface area contributed by atoms with Gasteiger partial charge in [0.1, 0.15) is 16.4 Å². The average Bonchev–Trinajstić information content (AvgIpc) is 3.07. The van der Waals surface area contributed by atoms with Gasteiger partial charge in [0.25, 0.3) is 0 Å². The van der Waals surface area contributed by atoms with Crippen molar-refractivity contribution < 1.29 is 28.4 Å². The molecule has 1 heterocycles. The molecule has 8 heteroatoms. The maximum absolute atomic E-state index is 12.0. The summed E-state index contributed by atoms with van der Waals surface area (Å²) < 4.78 is 14.7. The number of hydrogen-bond acceptors (Lipinski definition) is 7. The minimum atomic E-state index is -0.780. The van der Waals surface area contributed by atoms with Crippen molar-refractivity contribution in [3.05, 3.63) is 63.9 Å². The molecule has 0 saturated carbocycles. The van der Waals surface area contributed by atoms with Crippen LogP contribution in [0.1, 0.15) is 16.1 Å². The van der Waals surface area contributed by atoms with E-state index in [1.54, 1.807) is 24.3 Å². The Bertz CT molecular complexity index is 791. The summed E-state index contributed by atoms with van der Waals surface area (Å²) >= 11 is 0. The van der Waals surface area contributed by atoms with Crippen LogP contribution < -0.4 is 4.74 Å². The number of ketones is 1. The molecule has 0 radical (unpaired) electrons. The average molecular weight is 331 g/mol. The van der Waals surface area contributed by atoms with Crippen molar-refractivity contribution >= 4 is 23.7 Å². The number of methoxy groups -OCH3 is 1. The first-order valence-corrected chi connectivity index (χ1v) is 6.76. The molecule has 0 saturated heterocycles. The first kappa shape index (κ1) is 16.9. The highest BCUT2D eigenvalue weighted by atomic mass is 16.6. The number of furan rings is 1. The van der Waals surface area contributed by atoms with E-state index in [1.807, 2.05) is 0 Å². The van der Waals surface area contributed by atoms with Gasteiger partial charge in [-0.1, -0.05) is 12.1 Å². The van der Waals surface area contributed by atoms with Crippen LogP contribution in [-0.4, -0.2) is 30.4 Å². The highest BCUT2D eigenvalue weighted by molar-refractivity contribution is 6.01. The summed E-state index contributed by atoms with van der Waals surface area (Å²) in [6.45, 7) is -0.456. The van der Waals surface area contributed by atoms with Crippen LogP contribution in [0.25, 0.3) is 6.08 Å². The molecule has 1 aromatic heterocycles. The van der Waals surface area contributed by atoms with Gasteiger partial charge in [0.2, 0.25) is 5.78 Å². The molecule has 1 aromatic carbocycles. The molecule has 124 valence electrons. The number of rotatable bonds is 7. The third-order valence-electron chi connectivity index (χ3n) is 2.93. The molecule has 0 spiro atoms. The molecule has 0 aliphatic carbocycles. The van der Waals surface area contributed by atoms with Crippen LogP contribution in [0, 0.1) is 10.1 Å². The second-order valence-corrected chi connectivity index (χ2v) is 4.50. The largest absolute Gasteiger partial charge is 0.496 e. The molecular formula is C16H13NO7. The van der Waals surface area contributed by atoms with E-state index in [0.717, 1.165) is 12.1 Å². The van der Waals surface area contributed by atoms with Gasteiger partial charge in [0.15, 0.2) is 6.61 Å². The molecule has 0 aliphatic heterocycles. The van der Waals surface area contributed by atoms with Crippen molar-refractivity contribution in [1.29, 1.82) is 0 Å². The maximum Gasteiger partial charge on any atom is 0.433 e. The zero-order valence-electron chi connectivity index (χ0n) is 12.6. The number of hydrogen-bond donors (Lipinski definition) is 0. The van der Waals surface area contributed by atoms with E-state index in [0.29, 0.717) is 11.3 Å². The lowest BCUT2D eigenvalue weighted by Gasteiger charge is -2.06. The second kappa shape index (κ2) is 7.73. The Hall–Kier alpha value is -3.42. The van der Waals surface area contributed by atoms with Gasteiger partial charge in [-0.25, -0.2) is 4.79 Å². The molecule has 8 nitrogen and oxygen atoms in total. The minimum absolute atomic E-state index is 0.120. The predicted octanol–water partition coefficient (Wildman–Crippen LogP) is 2.64. The van der Waals surface area contributed by atoms with Gasteiger partial charge in [-0.2, -0.15) is 0 Å². The standard InChI is InChI=1S/C16H13NO7/c1-22-14-5-3-2-4-12(14)13(18)10-23-16(19)9-7-11-6-8-15(24-11)17(20)21/h2-9H,10H2,1H3/b9-7+. The van der Waals surface area contributed by atoms with E-state index < -0.39 is 29.2 Å². The number of carbonyl (C=O) groups excluding carboxylic acids is 2. The molecule has 24 heavy (non-hydrogen) atoms. The number of Topliss-reactive ketones (excluding diaryl/α,β-unsaturated/α-hetero) is 1. The molecule has 0 bridgehead atoms. The maximum atomic E-state index is 12.0. The van der Waals surface area contributed by atoms with Crippen molar-refractivity contribution in [2.75, 3.05) is 13.7 Å². The van der Waals surface area contributed by atoms with Gasteiger partial charge in [0.05, 0.1) is 18.7 Å². The SMILES string of the molecule is COc1ccccc1C(=O)COC(=O)/C=C/c1ccc([N+](=O)[O-])o1. The Morgan fingerprint density at radius 2 is 2.00 bits per heavy atom. The predicted molar refractivity (Wildman–Crippen MR) is 82.7 cm³/mol. The summed E-state index contributed by atoms with van der Waals surface area (Å²) in [5.74, 6) is -1.12. The Kier molecular flexibility index (Phi) is 5.45. The number of nitrogens with zero attached hydrogens (tertiary/aromatic N) is 1. The normalized spacial score (nSPS) is 10.5. The number of benzene rings is 1. The second-order valence-electron chi connectivity index (χ2n) is 4.50. The van der Waals surface area contributed by atoms with Gasteiger partial charge in [-0.15, -0.1) is 0 Å². The summed E-state index contributed by atoms with van der Waals surface area (Å²) in [7, 11) is 1.43. The third-order valence-corrected chi connectivity index (χ3v) is 2.93. The molecule has 0 atom stereocenters. The number of ether oxygens (including phenoxy) is 2. The molecule has 2 rings (SSSR count). The number of para-hydroxylation sites is 1. The van der Waals surface area contributed by atoms with Crippen LogP contribution in [0.5, 0.6) is 5.75 Å². The molecule has 0 fully saturated rings. The third kappa shape index (κ3) is 4.29. The highest BCUT2D eigenvalue weighted by Crippen LogP contribution is 2.18. The first-order valence-electron chi connectivity index (χ1n) is 6.76. The fourth-order valence-electron chi connectivity index (χ4n) is 1.82.